The molecule has 5 heterocycles. The van der Waals surface area contributed by atoms with Crippen LogP contribution >= 0.6 is 22.9 Å². The summed E-state index contributed by atoms with van der Waals surface area (Å²) >= 11 is 8.36. The summed E-state index contributed by atoms with van der Waals surface area (Å²) in [5, 5.41) is 3.95. The Labute approximate surface area is 218 Å². The molecule has 3 aromatic heterocycles. The average Bonchev–Trinajstić information content (AvgIpc) is 3.33. The predicted molar refractivity (Wildman–Crippen MR) is 145 cm³/mol. The van der Waals surface area contributed by atoms with E-state index in [1.807, 2.05) is 24.4 Å². The number of morpholine rings is 1. The van der Waals surface area contributed by atoms with Crippen LogP contribution in [0.25, 0.3) is 32.4 Å². The second kappa shape index (κ2) is 8.39. The van der Waals surface area contributed by atoms with Crippen LogP contribution < -0.4 is 11.0 Å². The second-order valence-corrected chi connectivity index (χ2v) is 12.7. The molecule has 0 spiro atoms. The number of benzene rings is 1. The highest BCUT2D eigenvalue weighted by Crippen LogP contribution is 2.62. The number of nitrogens with one attached hydrogen (secondary N) is 2. The number of piperidine rings is 1. The highest BCUT2D eigenvalue weighted by Gasteiger charge is 2.61. The molecule has 0 radical (unpaired) electrons. The summed E-state index contributed by atoms with van der Waals surface area (Å²) in [6.45, 7) is 10.9. The Balaban J connectivity index is 1.28. The Kier molecular flexibility index (Phi) is 5.35. The van der Waals surface area contributed by atoms with E-state index in [1.54, 1.807) is 15.9 Å². The molecule has 1 aromatic carbocycles. The summed E-state index contributed by atoms with van der Waals surface area (Å²) in [5.74, 6) is 1.68. The molecule has 9 heteroatoms. The molecule has 0 bridgehead atoms. The Morgan fingerprint density at radius 1 is 1.22 bits per heavy atom. The number of halogens is 1. The number of aromatic amines is 1. The van der Waals surface area contributed by atoms with Crippen molar-refractivity contribution in [3.05, 3.63) is 50.8 Å². The second-order valence-electron chi connectivity index (χ2n) is 11.1. The van der Waals surface area contributed by atoms with Crippen LogP contribution in [0, 0.1) is 17.3 Å². The number of likely N-dealkylation sites (tertiary alicyclic amines) is 1. The minimum absolute atomic E-state index is 0.0542. The van der Waals surface area contributed by atoms with Gasteiger partial charge in [0, 0.05) is 59.9 Å². The number of H-pyrrole nitrogens is 1. The first kappa shape index (κ1) is 22.9. The van der Waals surface area contributed by atoms with Gasteiger partial charge in [-0.25, -0.2) is 4.79 Å². The number of pyridine rings is 1. The van der Waals surface area contributed by atoms with E-state index in [0.29, 0.717) is 23.6 Å². The van der Waals surface area contributed by atoms with E-state index < -0.39 is 0 Å². The van der Waals surface area contributed by atoms with Gasteiger partial charge in [-0.1, -0.05) is 25.4 Å². The largest absolute Gasteiger partial charge is 0.374 e. The maximum Gasteiger partial charge on any atom is 0.326 e. The molecule has 2 unspecified atom stereocenters. The minimum atomic E-state index is -0.143. The lowest BCUT2D eigenvalue weighted by Gasteiger charge is -2.24. The van der Waals surface area contributed by atoms with Crippen LogP contribution in [0.4, 0.5) is 0 Å². The summed E-state index contributed by atoms with van der Waals surface area (Å²) in [4.78, 5) is 24.6. The third-order valence-corrected chi connectivity index (χ3v) is 9.91. The third kappa shape index (κ3) is 3.73. The van der Waals surface area contributed by atoms with Gasteiger partial charge in [-0.05, 0) is 41.5 Å². The van der Waals surface area contributed by atoms with Crippen molar-refractivity contribution < 1.29 is 4.74 Å². The van der Waals surface area contributed by atoms with E-state index in [4.69, 9.17) is 16.3 Å². The molecular formula is C27H30ClN5O2S. The van der Waals surface area contributed by atoms with E-state index in [2.05, 4.69) is 40.1 Å². The average molecular weight is 524 g/mol. The lowest BCUT2D eigenvalue weighted by molar-refractivity contribution is 0.0184. The zero-order chi connectivity index (χ0) is 24.6. The zero-order valence-electron chi connectivity index (χ0n) is 20.5. The molecule has 7 rings (SSSR count). The molecule has 1 aliphatic carbocycles. The monoisotopic (exact) mass is 523 g/mol. The highest BCUT2D eigenvalue weighted by molar-refractivity contribution is 7.19. The smallest absolute Gasteiger partial charge is 0.326 e. The highest BCUT2D eigenvalue weighted by atomic mass is 35.5. The van der Waals surface area contributed by atoms with E-state index >= 15 is 0 Å². The molecule has 4 aromatic rings. The number of rotatable bonds is 5. The first-order valence-electron chi connectivity index (χ1n) is 12.7. The molecular weight excluding hydrogens is 494 g/mol. The summed E-state index contributed by atoms with van der Waals surface area (Å²) in [6.07, 6.45) is 1.80. The van der Waals surface area contributed by atoms with Crippen molar-refractivity contribution >= 4 is 44.2 Å². The first-order chi connectivity index (χ1) is 17.4. The summed E-state index contributed by atoms with van der Waals surface area (Å²) < 4.78 is 8.85. The number of aromatic nitrogens is 3. The van der Waals surface area contributed by atoms with Gasteiger partial charge in [0.15, 0.2) is 0 Å². The van der Waals surface area contributed by atoms with Gasteiger partial charge < -0.3 is 15.0 Å². The number of ether oxygens (including phenoxy) is 1. The fraction of sp³-hybridized carbons (Fsp3) is 0.481. The molecule has 1 saturated carbocycles. The van der Waals surface area contributed by atoms with Crippen LogP contribution in [0.3, 0.4) is 0 Å². The normalized spacial score (nSPS) is 25.6. The molecule has 3 fully saturated rings. The van der Waals surface area contributed by atoms with Crippen molar-refractivity contribution in [2.24, 2.45) is 17.3 Å². The Morgan fingerprint density at radius 2 is 2.06 bits per heavy atom. The minimum Gasteiger partial charge on any atom is -0.374 e. The van der Waals surface area contributed by atoms with Crippen LogP contribution in [-0.2, 0) is 17.8 Å². The first-order valence-corrected chi connectivity index (χ1v) is 13.9. The topological polar surface area (TPSA) is 75.2 Å². The van der Waals surface area contributed by atoms with Crippen molar-refractivity contribution in [2.75, 3.05) is 32.8 Å². The van der Waals surface area contributed by atoms with E-state index in [-0.39, 0.29) is 11.8 Å². The van der Waals surface area contributed by atoms with Gasteiger partial charge >= 0.3 is 5.69 Å². The van der Waals surface area contributed by atoms with Gasteiger partial charge in [-0.15, -0.1) is 11.3 Å². The van der Waals surface area contributed by atoms with Gasteiger partial charge in [0.2, 0.25) is 0 Å². The summed E-state index contributed by atoms with van der Waals surface area (Å²) in [5.41, 5.74) is 4.99. The zero-order valence-corrected chi connectivity index (χ0v) is 22.1. The van der Waals surface area contributed by atoms with Gasteiger partial charge in [-0.3, -0.25) is 14.5 Å². The SMILES string of the molecule is CC1(C)C2CN(Cc3cc4nccc(-c5cc(Cl)cc6[nH]c(=O)n(C[C@H]7CNCCO7)c56)c4s3)CC21. The predicted octanol–water partition coefficient (Wildman–Crippen LogP) is 4.34. The van der Waals surface area contributed by atoms with Gasteiger partial charge in [0.1, 0.15) is 0 Å². The van der Waals surface area contributed by atoms with Crippen molar-refractivity contribution in [1.82, 2.24) is 24.8 Å². The van der Waals surface area contributed by atoms with Gasteiger partial charge in [-0.2, -0.15) is 0 Å². The number of thiophene rings is 1. The number of hydrogen-bond acceptors (Lipinski definition) is 6. The van der Waals surface area contributed by atoms with Crippen molar-refractivity contribution in [3.63, 3.8) is 0 Å². The number of nitrogens with zero attached hydrogens (tertiary/aromatic N) is 3. The van der Waals surface area contributed by atoms with Crippen LogP contribution in [-0.4, -0.2) is 58.3 Å². The molecule has 3 aliphatic rings. The summed E-state index contributed by atoms with van der Waals surface area (Å²) in [6, 6.07) is 8.07. The quantitative estimate of drug-likeness (QED) is 0.407. The maximum absolute atomic E-state index is 13.0. The number of hydrogen-bond donors (Lipinski definition) is 2. The summed E-state index contributed by atoms with van der Waals surface area (Å²) in [7, 11) is 0. The van der Waals surface area contributed by atoms with Crippen LogP contribution in [0.15, 0.2) is 35.3 Å². The number of fused-ring (bicyclic) bond motifs is 3. The van der Waals surface area contributed by atoms with Crippen molar-refractivity contribution in [3.8, 4) is 11.1 Å². The molecule has 2 aliphatic heterocycles. The van der Waals surface area contributed by atoms with Gasteiger partial charge in [0.25, 0.3) is 0 Å². The molecule has 7 nitrogen and oxygen atoms in total. The molecule has 188 valence electrons. The third-order valence-electron chi connectivity index (χ3n) is 8.55. The lowest BCUT2D eigenvalue weighted by atomic mass is 10.0. The van der Waals surface area contributed by atoms with Gasteiger partial charge in [0.05, 0.1) is 40.5 Å². The van der Waals surface area contributed by atoms with Crippen LogP contribution in [0.1, 0.15) is 18.7 Å². The van der Waals surface area contributed by atoms with Crippen molar-refractivity contribution in [2.45, 2.75) is 33.0 Å². The molecule has 3 atom stereocenters. The fourth-order valence-electron chi connectivity index (χ4n) is 6.43. The standard InChI is InChI=1S/C27H30ClN5O2S/c1-27(2)20-13-32(14-21(20)27)12-17-9-23-25(36-17)18(3-4-30-23)19-7-15(28)8-22-24(19)33(26(34)31-22)11-16-10-29-5-6-35-16/h3-4,7-9,16,20-21,29H,5-6,10-14H2,1-2H3,(H,31,34)/t16-,20?,21?/m1/s1. The van der Waals surface area contributed by atoms with Crippen LogP contribution in [0.2, 0.25) is 5.02 Å². The molecule has 2 saturated heterocycles. The molecule has 0 amide bonds. The Morgan fingerprint density at radius 3 is 2.83 bits per heavy atom. The van der Waals surface area contributed by atoms with Crippen molar-refractivity contribution in [1.29, 1.82) is 0 Å². The van der Waals surface area contributed by atoms with Crippen LogP contribution in [0.5, 0.6) is 0 Å². The molecule has 2 N–H and O–H groups in total. The lowest BCUT2D eigenvalue weighted by Crippen LogP contribution is -2.42. The fourth-order valence-corrected chi connectivity index (χ4v) is 7.83. The molecule has 36 heavy (non-hydrogen) atoms. The Bertz CT molecular complexity index is 1520. The maximum atomic E-state index is 13.0. The van der Waals surface area contributed by atoms with E-state index in [1.165, 1.54) is 18.0 Å². The van der Waals surface area contributed by atoms with E-state index in [0.717, 1.165) is 63.8 Å². The Hall–Kier alpha value is -2.23. The number of imidazole rings is 1. The van der Waals surface area contributed by atoms with E-state index in [9.17, 15) is 4.79 Å².